The van der Waals surface area contributed by atoms with Crippen molar-refractivity contribution in [3.63, 3.8) is 0 Å². The maximum atomic E-state index is 12.6. The number of carbonyl (C=O) groups is 2. The van der Waals surface area contributed by atoms with E-state index < -0.39 is 0 Å². The zero-order valence-corrected chi connectivity index (χ0v) is 17.8. The van der Waals surface area contributed by atoms with E-state index in [0.29, 0.717) is 13.0 Å². The second-order valence-electron chi connectivity index (χ2n) is 8.35. The summed E-state index contributed by atoms with van der Waals surface area (Å²) in [5.74, 6) is 0.134. The normalized spacial score (nSPS) is 19.9. The summed E-state index contributed by atoms with van der Waals surface area (Å²) in [6, 6.07) is 16.4. The molecule has 2 aliphatic heterocycles. The highest BCUT2D eigenvalue weighted by molar-refractivity contribution is 5.98. The van der Waals surface area contributed by atoms with Gasteiger partial charge in [0.25, 0.3) is 0 Å². The first-order valence-corrected chi connectivity index (χ1v) is 10.8. The summed E-state index contributed by atoms with van der Waals surface area (Å²) in [5.41, 5.74) is 4.11. The van der Waals surface area contributed by atoms with Crippen LogP contribution in [0.1, 0.15) is 25.3 Å². The molecular formula is C24H30N4O2. The van der Waals surface area contributed by atoms with Crippen LogP contribution in [0.5, 0.6) is 0 Å². The standard InChI is InChI=1S/C24H30N4O2/c1-18-5-3-7-21(15-18)27-13-11-26(12-14-27)17-23(29)25-20-6-4-8-22(16-20)28-19(2)9-10-24(28)30/h3-8,15-16,19H,9-14,17H2,1-2H3,(H,25,29). The number of aryl methyl sites for hydroxylation is 1. The molecule has 0 aromatic heterocycles. The van der Waals surface area contributed by atoms with Crippen molar-refractivity contribution in [2.45, 2.75) is 32.7 Å². The number of benzene rings is 2. The van der Waals surface area contributed by atoms with Crippen molar-refractivity contribution in [2.24, 2.45) is 0 Å². The number of rotatable bonds is 5. The van der Waals surface area contributed by atoms with Crippen molar-refractivity contribution in [2.75, 3.05) is 47.8 Å². The van der Waals surface area contributed by atoms with E-state index in [1.807, 2.05) is 29.2 Å². The molecule has 2 fully saturated rings. The molecule has 0 aliphatic carbocycles. The van der Waals surface area contributed by atoms with Crippen LogP contribution in [-0.4, -0.2) is 55.5 Å². The number of anilines is 3. The molecule has 2 saturated heterocycles. The van der Waals surface area contributed by atoms with Gasteiger partial charge >= 0.3 is 0 Å². The van der Waals surface area contributed by atoms with Gasteiger partial charge in [0.1, 0.15) is 0 Å². The highest BCUT2D eigenvalue weighted by atomic mass is 16.2. The number of carbonyl (C=O) groups excluding carboxylic acids is 2. The Bertz CT molecular complexity index is 921. The molecule has 1 unspecified atom stereocenters. The number of piperazine rings is 1. The van der Waals surface area contributed by atoms with Gasteiger partial charge in [-0.2, -0.15) is 0 Å². The summed E-state index contributed by atoms with van der Waals surface area (Å²) in [7, 11) is 0. The molecule has 30 heavy (non-hydrogen) atoms. The molecule has 0 bridgehead atoms. The van der Waals surface area contributed by atoms with E-state index in [1.165, 1.54) is 11.3 Å². The van der Waals surface area contributed by atoms with Gasteiger partial charge in [-0.05, 0) is 56.2 Å². The lowest BCUT2D eigenvalue weighted by Crippen LogP contribution is -2.48. The summed E-state index contributed by atoms with van der Waals surface area (Å²) in [6.45, 7) is 8.11. The van der Waals surface area contributed by atoms with Gasteiger partial charge in [-0.15, -0.1) is 0 Å². The van der Waals surface area contributed by atoms with Gasteiger partial charge in [0.05, 0.1) is 6.54 Å². The Balaban J connectivity index is 1.30. The molecule has 2 aromatic rings. The predicted molar refractivity (Wildman–Crippen MR) is 121 cm³/mol. The van der Waals surface area contributed by atoms with Crippen LogP contribution in [0.4, 0.5) is 17.1 Å². The summed E-state index contributed by atoms with van der Waals surface area (Å²) in [4.78, 5) is 31.1. The van der Waals surface area contributed by atoms with E-state index in [4.69, 9.17) is 0 Å². The van der Waals surface area contributed by atoms with Crippen molar-refractivity contribution in [1.29, 1.82) is 0 Å². The molecule has 2 heterocycles. The first kappa shape index (κ1) is 20.4. The van der Waals surface area contributed by atoms with E-state index >= 15 is 0 Å². The number of nitrogens with zero attached hydrogens (tertiary/aromatic N) is 3. The summed E-state index contributed by atoms with van der Waals surface area (Å²) in [6.07, 6.45) is 1.47. The van der Waals surface area contributed by atoms with Crippen LogP contribution in [-0.2, 0) is 9.59 Å². The minimum Gasteiger partial charge on any atom is -0.369 e. The van der Waals surface area contributed by atoms with Crippen LogP contribution >= 0.6 is 0 Å². The third-order valence-electron chi connectivity index (χ3n) is 6.00. The lowest BCUT2D eigenvalue weighted by atomic mass is 10.2. The fraction of sp³-hybridized carbons (Fsp3) is 0.417. The van der Waals surface area contributed by atoms with Crippen molar-refractivity contribution >= 4 is 28.9 Å². The molecule has 2 amide bonds. The molecule has 158 valence electrons. The van der Waals surface area contributed by atoms with E-state index in [-0.39, 0.29) is 17.9 Å². The van der Waals surface area contributed by atoms with Crippen molar-refractivity contribution in [3.05, 3.63) is 54.1 Å². The van der Waals surface area contributed by atoms with Crippen molar-refractivity contribution in [3.8, 4) is 0 Å². The van der Waals surface area contributed by atoms with Gasteiger partial charge in [0.15, 0.2) is 0 Å². The van der Waals surface area contributed by atoms with Crippen molar-refractivity contribution < 1.29 is 9.59 Å². The molecule has 0 spiro atoms. The first-order chi connectivity index (χ1) is 14.5. The Kier molecular flexibility index (Phi) is 6.04. The quantitative estimate of drug-likeness (QED) is 0.828. The maximum absolute atomic E-state index is 12.6. The summed E-state index contributed by atoms with van der Waals surface area (Å²) < 4.78 is 0. The molecule has 2 aliphatic rings. The zero-order valence-electron chi connectivity index (χ0n) is 17.8. The predicted octanol–water partition coefficient (Wildman–Crippen LogP) is 3.27. The zero-order chi connectivity index (χ0) is 21.1. The van der Waals surface area contributed by atoms with E-state index in [0.717, 1.165) is 44.0 Å². The Labute approximate surface area is 178 Å². The third-order valence-corrected chi connectivity index (χ3v) is 6.00. The lowest BCUT2D eigenvalue weighted by molar-refractivity contribution is -0.118. The van der Waals surface area contributed by atoms with Gasteiger partial charge in [-0.25, -0.2) is 0 Å². The van der Waals surface area contributed by atoms with Crippen LogP contribution in [0, 0.1) is 6.92 Å². The van der Waals surface area contributed by atoms with E-state index in [9.17, 15) is 9.59 Å². The summed E-state index contributed by atoms with van der Waals surface area (Å²) >= 11 is 0. The Morgan fingerprint density at radius 3 is 2.47 bits per heavy atom. The first-order valence-electron chi connectivity index (χ1n) is 10.8. The molecule has 1 N–H and O–H groups in total. The number of hydrogen-bond acceptors (Lipinski definition) is 4. The Morgan fingerprint density at radius 1 is 1.03 bits per heavy atom. The minimum atomic E-state index is -0.0167. The SMILES string of the molecule is Cc1cccc(N2CCN(CC(=O)Nc3cccc(N4C(=O)CCC4C)c3)CC2)c1. The molecule has 2 aromatic carbocycles. The third kappa shape index (κ3) is 4.65. The topological polar surface area (TPSA) is 55.9 Å². The van der Waals surface area contributed by atoms with Crippen molar-refractivity contribution in [1.82, 2.24) is 4.90 Å². The van der Waals surface area contributed by atoms with Gasteiger partial charge in [-0.3, -0.25) is 14.5 Å². The van der Waals surface area contributed by atoms with E-state index in [1.54, 1.807) is 0 Å². The van der Waals surface area contributed by atoms with Crippen LogP contribution < -0.4 is 15.1 Å². The monoisotopic (exact) mass is 406 g/mol. The second-order valence-corrected chi connectivity index (χ2v) is 8.35. The summed E-state index contributed by atoms with van der Waals surface area (Å²) in [5, 5.41) is 3.00. The lowest BCUT2D eigenvalue weighted by Gasteiger charge is -2.35. The Morgan fingerprint density at radius 2 is 1.77 bits per heavy atom. The molecule has 1 atom stereocenters. The van der Waals surface area contributed by atoms with Crippen LogP contribution in [0.25, 0.3) is 0 Å². The molecule has 6 heteroatoms. The fourth-order valence-electron chi connectivity index (χ4n) is 4.35. The molecule has 6 nitrogen and oxygen atoms in total. The average Bonchev–Trinajstić information content (AvgIpc) is 3.07. The molecule has 0 radical (unpaired) electrons. The van der Waals surface area contributed by atoms with Gasteiger partial charge in [-0.1, -0.05) is 18.2 Å². The highest BCUT2D eigenvalue weighted by Gasteiger charge is 2.29. The minimum absolute atomic E-state index is 0.0167. The van der Waals surface area contributed by atoms with Gasteiger partial charge < -0.3 is 15.1 Å². The molecule has 0 saturated carbocycles. The van der Waals surface area contributed by atoms with Gasteiger partial charge in [0, 0.05) is 55.7 Å². The molecular weight excluding hydrogens is 376 g/mol. The maximum Gasteiger partial charge on any atom is 0.238 e. The van der Waals surface area contributed by atoms with Crippen LogP contribution in [0.15, 0.2) is 48.5 Å². The van der Waals surface area contributed by atoms with E-state index in [2.05, 4.69) is 53.2 Å². The van der Waals surface area contributed by atoms with Gasteiger partial charge in [0.2, 0.25) is 11.8 Å². The Hall–Kier alpha value is -2.86. The second kappa shape index (κ2) is 8.88. The average molecular weight is 407 g/mol. The molecule has 4 rings (SSSR count). The number of amides is 2. The number of hydrogen-bond donors (Lipinski definition) is 1. The largest absolute Gasteiger partial charge is 0.369 e. The fourth-order valence-corrected chi connectivity index (χ4v) is 4.35. The highest BCUT2D eigenvalue weighted by Crippen LogP contribution is 2.28. The van der Waals surface area contributed by atoms with Crippen LogP contribution in [0.2, 0.25) is 0 Å². The smallest absolute Gasteiger partial charge is 0.238 e. The van der Waals surface area contributed by atoms with Crippen LogP contribution in [0.3, 0.4) is 0 Å². The number of nitrogens with one attached hydrogen (secondary N) is 1.